The molecule has 23 heteroatoms. The lowest BCUT2D eigenvalue weighted by Gasteiger charge is -2.11. The van der Waals surface area contributed by atoms with E-state index >= 15 is 0 Å². The Morgan fingerprint density at radius 1 is 0.625 bits per heavy atom. The first-order valence-electron chi connectivity index (χ1n) is 17.6. The number of hydrogen-bond donors (Lipinski definition) is 2. The molecule has 64 heavy (non-hydrogen) atoms. The van der Waals surface area contributed by atoms with E-state index in [0.29, 0.717) is 21.7 Å². The molecule has 14 nitrogen and oxygen atoms in total. The maximum Gasteiger partial charge on any atom is 0.450 e. The number of anilines is 1. The first-order chi connectivity index (χ1) is 29.9. The van der Waals surface area contributed by atoms with Gasteiger partial charge in [-0.05, 0) is 88.7 Å². The highest BCUT2D eigenvalue weighted by Gasteiger charge is 2.39. The number of imidazole rings is 2. The highest BCUT2D eigenvalue weighted by atomic mass is 79.9. The minimum absolute atomic E-state index is 0. The van der Waals surface area contributed by atoms with Crippen molar-refractivity contribution in [1.82, 2.24) is 39.0 Å². The van der Waals surface area contributed by atoms with Gasteiger partial charge in [0.05, 0.1) is 61.1 Å². The summed E-state index contributed by atoms with van der Waals surface area (Å²) in [6.45, 7) is 0. The highest BCUT2D eigenvalue weighted by molar-refractivity contribution is 9.10. The molecule has 8 aromatic rings. The molecule has 0 aliphatic carbocycles. The number of benzene rings is 4. The molecule has 0 saturated carbocycles. The van der Waals surface area contributed by atoms with E-state index in [1.807, 2.05) is 0 Å². The maximum absolute atomic E-state index is 13.6. The Morgan fingerprint density at radius 2 is 1.06 bits per heavy atom. The predicted molar refractivity (Wildman–Crippen MR) is 220 cm³/mol. The number of primary amides is 1. The van der Waals surface area contributed by atoms with Crippen molar-refractivity contribution in [2.75, 3.05) is 19.5 Å². The fourth-order valence-electron chi connectivity index (χ4n) is 5.54. The lowest BCUT2D eigenvalue weighted by molar-refractivity contribution is -0.146. The number of rotatable bonds is 7. The van der Waals surface area contributed by atoms with Crippen LogP contribution in [-0.2, 0) is 12.4 Å². The van der Waals surface area contributed by atoms with E-state index in [-0.39, 0.29) is 58.3 Å². The standard InChI is InChI=1S/C20H13F4N5O2.C13H8BrF3N4O.C7H6FNO.CH4/c1-31-13-6-7-15-14(8-13)27-19(20(22,23)24)29(15)17-10-25-16(9-26-17)28-18(30)11-2-4-12(21)5-3-11;1-22-7-2-3-9-8(4-7)20-12(13(15,16)17)21(9)11-6-18-10(14)5-19-11;8-6-3-1-5(2-4-6)7(9)10;/h2-10H,1H3,(H,25,28,30);2-6H,1H3;1-4H,(H2,9,10);1H4. The van der Waals surface area contributed by atoms with Crippen LogP contribution < -0.4 is 20.5 Å². The van der Waals surface area contributed by atoms with E-state index in [2.05, 4.69) is 51.2 Å². The van der Waals surface area contributed by atoms with Gasteiger partial charge in [0.1, 0.15) is 27.7 Å². The molecule has 0 aliphatic rings. The number of carbonyl (C=O) groups is 2. The van der Waals surface area contributed by atoms with Crippen LogP contribution in [0.25, 0.3) is 33.7 Å². The van der Waals surface area contributed by atoms with Crippen LogP contribution in [0.4, 0.5) is 40.9 Å². The van der Waals surface area contributed by atoms with E-state index in [9.17, 15) is 44.7 Å². The average molecular weight is 960 g/mol. The Labute approximate surface area is 364 Å². The number of alkyl halides is 6. The molecule has 0 fully saturated rings. The number of ether oxygens (including phenoxy) is 2. The zero-order valence-corrected chi connectivity index (χ0v) is 33.7. The molecule has 0 bridgehead atoms. The number of nitrogens with zero attached hydrogens (tertiary/aromatic N) is 8. The lowest BCUT2D eigenvalue weighted by Crippen LogP contribution is -2.16. The molecule has 0 spiro atoms. The van der Waals surface area contributed by atoms with Crippen molar-refractivity contribution in [2.45, 2.75) is 19.8 Å². The molecule has 0 aliphatic heterocycles. The zero-order valence-electron chi connectivity index (χ0n) is 32.1. The molecular weight excluding hydrogens is 928 g/mol. The van der Waals surface area contributed by atoms with Crippen molar-refractivity contribution in [3.05, 3.63) is 149 Å². The number of nitrogens with one attached hydrogen (secondary N) is 1. The van der Waals surface area contributed by atoms with Gasteiger partial charge in [0.25, 0.3) is 5.91 Å². The van der Waals surface area contributed by atoms with Crippen LogP contribution in [0, 0.1) is 11.6 Å². The van der Waals surface area contributed by atoms with Crippen LogP contribution in [-0.4, -0.2) is 65.1 Å². The van der Waals surface area contributed by atoms with Crippen LogP contribution in [0.5, 0.6) is 11.5 Å². The van der Waals surface area contributed by atoms with Crippen LogP contribution in [0.15, 0.2) is 114 Å². The third kappa shape index (κ3) is 11.1. The minimum Gasteiger partial charge on any atom is -0.497 e. The zero-order chi connectivity index (χ0) is 45.6. The van der Waals surface area contributed by atoms with Gasteiger partial charge < -0.3 is 20.5 Å². The number of nitrogens with two attached hydrogens (primary N) is 1. The van der Waals surface area contributed by atoms with Gasteiger partial charge in [0.2, 0.25) is 17.6 Å². The topological polar surface area (TPSA) is 178 Å². The number of fused-ring (bicyclic) bond motifs is 2. The van der Waals surface area contributed by atoms with Gasteiger partial charge in [-0.2, -0.15) is 26.3 Å². The van der Waals surface area contributed by atoms with Crippen LogP contribution in [0.1, 0.15) is 39.8 Å². The van der Waals surface area contributed by atoms with Gasteiger partial charge >= 0.3 is 12.4 Å². The number of aromatic nitrogens is 8. The highest BCUT2D eigenvalue weighted by Crippen LogP contribution is 2.36. The average Bonchev–Trinajstić information content (AvgIpc) is 3.84. The largest absolute Gasteiger partial charge is 0.497 e. The molecule has 8 rings (SSSR count). The SMILES string of the molecule is C.COc1ccc2c(c1)nc(C(F)(F)F)n2-c1cnc(Br)cn1.COc1ccc2c(c1)nc(C(F)(F)F)n2-c1cnc(NC(=O)c2ccc(F)cc2)cn1.NC(=O)c1ccc(F)cc1. The summed E-state index contributed by atoms with van der Waals surface area (Å²) >= 11 is 3.10. The first-order valence-corrected chi connectivity index (χ1v) is 18.4. The summed E-state index contributed by atoms with van der Waals surface area (Å²) in [5, 5.41) is 2.45. The molecule has 0 atom stereocenters. The summed E-state index contributed by atoms with van der Waals surface area (Å²) in [5.74, 6) is -3.53. The van der Waals surface area contributed by atoms with Crippen molar-refractivity contribution in [2.24, 2.45) is 5.73 Å². The smallest absolute Gasteiger partial charge is 0.450 e. The van der Waals surface area contributed by atoms with Crippen molar-refractivity contribution in [3.8, 4) is 23.1 Å². The van der Waals surface area contributed by atoms with E-state index in [1.165, 1.54) is 93.3 Å². The Bertz CT molecular complexity index is 2890. The van der Waals surface area contributed by atoms with Crippen LogP contribution >= 0.6 is 15.9 Å². The number of halogens is 9. The van der Waals surface area contributed by atoms with Gasteiger partial charge in [-0.1, -0.05) is 7.43 Å². The minimum atomic E-state index is -4.75. The summed E-state index contributed by atoms with van der Waals surface area (Å²) in [6.07, 6.45) is -4.60. The van der Waals surface area contributed by atoms with Gasteiger partial charge in [-0.3, -0.25) is 18.7 Å². The monoisotopic (exact) mass is 958 g/mol. The quantitative estimate of drug-likeness (QED) is 0.146. The fraction of sp³-hybridized carbons (Fsp3) is 0.122. The summed E-state index contributed by atoms with van der Waals surface area (Å²) in [7, 11) is 2.83. The summed E-state index contributed by atoms with van der Waals surface area (Å²) in [4.78, 5) is 45.8. The summed E-state index contributed by atoms with van der Waals surface area (Å²) < 4.78 is 118. The Hall–Kier alpha value is -7.56. The van der Waals surface area contributed by atoms with E-state index < -0.39 is 41.6 Å². The molecule has 4 aromatic carbocycles. The second-order valence-corrected chi connectivity index (χ2v) is 13.3. The van der Waals surface area contributed by atoms with Crippen molar-refractivity contribution < 1.29 is 54.2 Å². The van der Waals surface area contributed by atoms with Crippen LogP contribution in [0.3, 0.4) is 0 Å². The third-order valence-corrected chi connectivity index (χ3v) is 8.82. The van der Waals surface area contributed by atoms with Crippen molar-refractivity contribution in [3.63, 3.8) is 0 Å². The fourth-order valence-corrected chi connectivity index (χ4v) is 5.75. The van der Waals surface area contributed by atoms with Crippen molar-refractivity contribution in [1.29, 1.82) is 0 Å². The number of amides is 2. The van der Waals surface area contributed by atoms with E-state index in [1.54, 1.807) is 6.07 Å². The molecular formula is C41H31BrF8N10O4. The van der Waals surface area contributed by atoms with Gasteiger partial charge in [0, 0.05) is 23.3 Å². The second kappa shape index (κ2) is 19.7. The summed E-state index contributed by atoms with van der Waals surface area (Å²) in [6, 6.07) is 18.7. The van der Waals surface area contributed by atoms with Crippen molar-refractivity contribution >= 4 is 55.6 Å². The lowest BCUT2D eigenvalue weighted by atomic mass is 10.2. The molecule has 0 unspecified atom stereocenters. The van der Waals surface area contributed by atoms with Gasteiger partial charge in [-0.15, -0.1) is 0 Å². The van der Waals surface area contributed by atoms with E-state index in [4.69, 9.17) is 15.2 Å². The molecule has 0 saturated heterocycles. The second-order valence-electron chi connectivity index (χ2n) is 12.5. The Kier molecular flexibility index (Phi) is 14.6. The number of hydrogen-bond acceptors (Lipinski definition) is 10. The van der Waals surface area contributed by atoms with Gasteiger partial charge in [0.15, 0.2) is 17.5 Å². The molecule has 4 heterocycles. The Balaban J connectivity index is 0.000000203. The Morgan fingerprint density at radius 3 is 1.44 bits per heavy atom. The maximum atomic E-state index is 13.6. The van der Waals surface area contributed by atoms with Crippen LogP contribution in [0.2, 0.25) is 0 Å². The predicted octanol–water partition coefficient (Wildman–Crippen LogP) is 9.40. The molecule has 4 aromatic heterocycles. The summed E-state index contributed by atoms with van der Waals surface area (Å²) in [5.41, 5.74) is 6.07. The molecule has 2 amide bonds. The normalized spacial score (nSPS) is 11.1. The molecule has 0 radical (unpaired) electrons. The van der Waals surface area contributed by atoms with Gasteiger partial charge in [-0.25, -0.2) is 38.7 Å². The molecule has 332 valence electrons. The third-order valence-electron chi connectivity index (χ3n) is 8.41. The first kappa shape index (κ1) is 47.5. The number of carbonyl (C=O) groups excluding carboxylic acids is 2. The van der Waals surface area contributed by atoms with E-state index in [0.717, 1.165) is 33.7 Å². The molecule has 3 N–H and O–H groups in total. The number of methoxy groups -OCH3 is 2.